The number of hydrogen-bond acceptors (Lipinski definition) is 5. The lowest BCUT2D eigenvalue weighted by Gasteiger charge is -2.15. The van der Waals surface area contributed by atoms with Crippen LogP contribution in [0.2, 0.25) is 0 Å². The summed E-state index contributed by atoms with van der Waals surface area (Å²) in [5.74, 6) is 0.770. The van der Waals surface area contributed by atoms with Crippen LogP contribution in [0, 0.1) is 5.92 Å². The van der Waals surface area contributed by atoms with Crippen LogP contribution in [0.3, 0.4) is 0 Å². The zero-order valence-electron chi connectivity index (χ0n) is 13.4. The van der Waals surface area contributed by atoms with E-state index < -0.39 is 6.04 Å². The van der Waals surface area contributed by atoms with Gasteiger partial charge in [0.1, 0.15) is 12.4 Å². The summed E-state index contributed by atoms with van der Waals surface area (Å²) in [5, 5.41) is 2.74. The van der Waals surface area contributed by atoms with E-state index in [0.29, 0.717) is 32.9 Å². The molecule has 0 aromatic heterocycles. The van der Waals surface area contributed by atoms with Gasteiger partial charge >= 0.3 is 0 Å². The predicted octanol–water partition coefficient (Wildman–Crippen LogP) is 0.640. The molecule has 0 bridgehead atoms. The third kappa shape index (κ3) is 6.89. The zero-order chi connectivity index (χ0) is 16.4. The van der Waals surface area contributed by atoms with E-state index >= 15 is 0 Å². The van der Waals surface area contributed by atoms with E-state index in [0.717, 1.165) is 11.3 Å². The van der Waals surface area contributed by atoms with Crippen LogP contribution in [0.15, 0.2) is 24.3 Å². The van der Waals surface area contributed by atoms with Gasteiger partial charge in [0, 0.05) is 13.1 Å². The monoisotopic (exact) mass is 309 g/mol. The summed E-state index contributed by atoms with van der Waals surface area (Å²) in [7, 11) is 0. The van der Waals surface area contributed by atoms with Crippen LogP contribution < -0.4 is 21.5 Å². The van der Waals surface area contributed by atoms with Crippen molar-refractivity contribution in [1.82, 2.24) is 5.32 Å². The number of nitrogens with two attached hydrogens (primary N) is 2. The first-order valence-corrected chi connectivity index (χ1v) is 7.57. The molecule has 124 valence electrons. The fourth-order valence-electron chi connectivity index (χ4n) is 1.71. The lowest BCUT2D eigenvalue weighted by molar-refractivity contribution is -0.123. The van der Waals surface area contributed by atoms with Gasteiger partial charge in [0.2, 0.25) is 5.91 Å². The van der Waals surface area contributed by atoms with Gasteiger partial charge < -0.3 is 26.3 Å². The van der Waals surface area contributed by atoms with Crippen molar-refractivity contribution in [2.24, 2.45) is 17.4 Å². The number of hydrogen-bond donors (Lipinski definition) is 3. The molecular weight excluding hydrogens is 282 g/mol. The number of ether oxygens (including phenoxy) is 2. The van der Waals surface area contributed by atoms with Crippen LogP contribution in [0.4, 0.5) is 0 Å². The molecule has 0 aliphatic carbocycles. The Morgan fingerprint density at radius 3 is 2.45 bits per heavy atom. The molecule has 0 aliphatic heterocycles. The number of nitrogens with one attached hydrogen (secondary N) is 1. The third-order valence-corrected chi connectivity index (χ3v) is 3.22. The van der Waals surface area contributed by atoms with Gasteiger partial charge in [-0.1, -0.05) is 26.0 Å². The first-order chi connectivity index (χ1) is 10.5. The van der Waals surface area contributed by atoms with Crippen LogP contribution in [-0.2, 0) is 16.1 Å². The molecule has 0 fully saturated rings. The van der Waals surface area contributed by atoms with Gasteiger partial charge in [0.25, 0.3) is 0 Å². The van der Waals surface area contributed by atoms with Crippen molar-refractivity contribution in [3.63, 3.8) is 0 Å². The summed E-state index contributed by atoms with van der Waals surface area (Å²) in [6, 6.07) is 7.17. The molecule has 1 rings (SSSR count). The molecule has 0 spiro atoms. The zero-order valence-corrected chi connectivity index (χ0v) is 13.4. The van der Waals surface area contributed by atoms with Gasteiger partial charge in [0.05, 0.1) is 19.3 Å². The van der Waals surface area contributed by atoms with Crippen LogP contribution in [-0.4, -0.2) is 38.3 Å². The van der Waals surface area contributed by atoms with Gasteiger partial charge in [-0.3, -0.25) is 4.79 Å². The Balaban J connectivity index is 2.04. The molecule has 6 heteroatoms. The average Bonchev–Trinajstić information content (AvgIpc) is 2.53. The Morgan fingerprint density at radius 1 is 1.18 bits per heavy atom. The van der Waals surface area contributed by atoms with Gasteiger partial charge in [-0.05, 0) is 23.6 Å². The number of rotatable bonds is 10. The van der Waals surface area contributed by atoms with E-state index in [4.69, 9.17) is 20.9 Å². The molecule has 0 radical (unpaired) electrons. The Hall–Kier alpha value is -1.63. The van der Waals surface area contributed by atoms with E-state index in [9.17, 15) is 4.79 Å². The predicted molar refractivity (Wildman–Crippen MR) is 86.5 cm³/mol. The molecule has 0 heterocycles. The lowest BCUT2D eigenvalue weighted by Crippen LogP contribution is -2.44. The molecule has 0 unspecified atom stereocenters. The minimum atomic E-state index is -0.472. The Labute approximate surface area is 132 Å². The van der Waals surface area contributed by atoms with Crippen molar-refractivity contribution in [2.45, 2.75) is 26.4 Å². The summed E-state index contributed by atoms with van der Waals surface area (Å²) in [6.45, 7) is 6.16. The normalized spacial score (nSPS) is 12.2. The maximum absolute atomic E-state index is 11.6. The van der Waals surface area contributed by atoms with Gasteiger partial charge in [-0.25, -0.2) is 0 Å². The first-order valence-electron chi connectivity index (χ1n) is 7.57. The minimum Gasteiger partial charge on any atom is -0.491 e. The summed E-state index contributed by atoms with van der Waals surface area (Å²) in [4.78, 5) is 11.6. The van der Waals surface area contributed by atoms with Gasteiger partial charge in [-0.15, -0.1) is 0 Å². The second-order valence-corrected chi connectivity index (χ2v) is 5.37. The van der Waals surface area contributed by atoms with Gasteiger partial charge in [-0.2, -0.15) is 0 Å². The minimum absolute atomic E-state index is 0.125. The van der Waals surface area contributed by atoms with Crippen LogP contribution in [0.1, 0.15) is 19.4 Å². The highest BCUT2D eigenvalue weighted by molar-refractivity contribution is 5.81. The van der Waals surface area contributed by atoms with Crippen LogP contribution >= 0.6 is 0 Å². The molecule has 0 aliphatic rings. The summed E-state index contributed by atoms with van der Waals surface area (Å²) in [6.07, 6.45) is 0. The summed E-state index contributed by atoms with van der Waals surface area (Å²) >= 11 is 0. The number of benzene rings is 1. The first kappa shape index (κ1) is 18.4. The average molecular weight is 309 g/mol. The number of amides is 1. The molecular formula is C16H27N3O3. The smallest absolute Gasteiger partial charge is 0.237 e. The van der Waals surface area contributed by atoms with E-state index in [1.807, 2.05) is 38.1 Å². The summed E-state index contributed by atoms with van der Waals surface area (Å²) in [5.41, 5.74) is 12.3. The molecule has 1 aromatic carbocycles. The second kappa shape index (κ2) is 10.2. The van der Waals surface area contributed by atoms with E-state index in [1.165, 1.54) is 0 Å². The van der Waals surface area contributed by atoms with Crippen LogP contribution in [0.5, 0.6) is 5.75 Å². The number of carbonyl (C=O) groups excluding carboxylic acids is 1. The molecule has 22 heavy (non-hydrogen) atoms. The Morgan fingerprint density at radius 2 is 1.86 bits per heavy atom. The fraction of sp³-hybridized carbons (Fsp3) is 0.562. The van der Waals surface area contributed by atoms with Crippen molar-refractivity contribution in [1.29, 1.82) is 0 Å². The third-order valence-electron chi connectivity index (χ3n) is 3.22. The molecule has 0 saturated heterocycles. The standard InChI is InChI=1S/C16H27N3O3/c1-12(2)15(18)16(20)19-7-8-21-9-10-22-14-5-3-13(11-17)4-6-14/h3-6,12,15H,7-11,17-18H2,1-2H3,(H,19,20)/t15-/m0/s1. The lowest BCUT2D eigenvalue weighted by atomic mass is 10.1. The highest BCUT2D eigenvalue weighted by Crippen LogP contribution is 2.11. The Bertz CT molecular complexity index is 435. The maximum Gasteiger partial charge on any atom is 0.237 e. The van der Waals surface area contributed by atoms with Crippen LogP contribution in [0.25, 0.3) is 0 Å². The molecule has 1 aromatic rings. The maximum atomic E-state index is 11.6. The van der Waals surface area contributed by atoms with E-state index in [1.54, 1.807) is 0 Å². The van der Waals surface area contributed by atoms with Crippen molar-refractivity contribution in [3.05, 3.63) is 29.8 Å². The Kier molecular flexibility index (Phi) is 8.50. The van der Waals surface area contributed by atoms with Gasteiger partial charge in [0.15, 0.2) is 0 Å². The van der Waals surface area contributed by atoms with Crippen molar-refractivity contribution in [2.75, 3.05) is 26.4 Å². The SMILES string of the molecule is CC(C)[C@H](N)C(=O)NCCOCCOc1ccc(CN)cc1. The molecule has 5 N–H and O–H groups in total. The quantitative estimate of drug-likeness (QED) is 0.551. The van der Waals surface area contributed by atoms with Crippen molar-refractivity contribution in [3.8, 4) is 5.75 Å². The molecule has 0 saturated carbocycles. The molecule has 6 nitrogen and oxygen atoms in total. The fourth-order valence-corrected chi connectivity index (χ4v) is 1.71. The van der Waals surface area contributed by atoms with E-state index in [2.05, 4.69) is 5.32 Å². The van der Waals surface area contributed by atoms with Crippen molar-refractivity contribution < 1.29 is 14.3 Å². The second-order valence-electron chi connectivity index (χ2n) is 5.37. The number of carbonyl (C=O) groups is 1. The molecule has 1 amide bonds. The van der Waals surface area contributed by atoms with E-state index in [-0.39, 0.29) is 11.8 Å². The topological polar surface area (TPSA) is 99.6 Å². The largest absolute Gasteiger partial charge is 0.491 e. The van der Waals surface area contributed by atoms with Crippen molar-refractivity contribution >= 4 is 5.91 Å². The molecule has 1 atom stereocenters. The summed E-state index contributed by atoms with van der Waals surface area (Å²) < 4.78 is 10.9. The highest BCUT2D eigenvalue weighted by atomic mass is 16.5. The highest BCUT2D eigenvalue weighted by Gasteiger charge is 2.15.